The van der Waals surface area contributed by atoms with E-state index in [0.717, 1.165) is 72.9 Å². The van der Waals surface area contributed by atoms with Gasteiger partial charge in [0.15, 0.2) is 0 Å². The molecule has 63 heavy (non-hydrogen) atoms. The zero-order valence-electron chi connectivity index (χ0n) is 38.7. The van der Waals surface area contributed by atoms with Crippen LogP contribution in [0.15, 0.2) is 182 Å². The molecule has 0 spiro atoms. The quantitative estimate of drug-likeness (QED) is 0.107. The monoisotopic (exact) mass is 822 g/mol. The van der Waals surface area contributed by atoms with E-state index in [-0.39, 0.29) is 5.41 Å². The predicted molar refractivity (Wildman–Crippen MR) is 259 cm³/mol. The molecule has 7 aromatic carbocycles. The first-order valence-electron chi connectivity index (χ1n) is 22.7. The molecule has 0 bridgehead atoms. The lowest BCUT2D eigenvalue weighted by atomic mass is 9.88. The minimum atomic E-state index is -1.58. The number of aromatic nitrogens is 4. The summed E-state index contributed by atoms with van der Waals surface area (Å²) in [4.78, 5) is 4.86. The maximum Gasteiger partial charge on any atom is 0.269 e. The molecule has 5 heteroatoms. The van der Waals surface area contributed by atoms with E-state index in [0.29, 0.717) is 22.9 Å². The van der Waals surface area contributed by atoms with Crippen molar-refractivity contribution in [3.05, 3.63) is 200 Å². The van der Waals surface area contributed by atoms with Gasteiger partial charge in [-0.2, -0.15) is 0 Å². The van der Waals surface area contributed by atoms with Crippen LogP contribution in [0.4, 0.5) is 0 Å². The van der Waals surface area contributed by atoms with Crippen molar-refractivity contribution in [3.8, 4) is 50.9 Å². The van der Waals surface area contributed by atoms with Crippen molar-refractivity contribution in [2.45, 2.75) is 54.3 Å². The number of ether oxygens (including phenoxy) is 1. The summed E-state index contributed by atoms with van der Waals surface area (Å²) < 4.78 is 31.4. The third-order valence-corrected chi connectivity index (χ3v) is 11.3. The van der Waals surface area contributed by atoms with Crippen LogP contribution in [0.5, 0.6) is 11.5 Å². The summed E-state index contributed by atoms with van der Waals surface area (Å²) in [5, 5.41) is 2.19. The van der Waals surface area contributed by atoms with Crippen LogP contribution in [0.3, 0.4) is 0 Å². The molecule has 10 rings (SSSR count). The molecule has 0 N–H and O–H groups in total. The Morgan fingerprint density at radius 3 is 1.97 bits per heavy atom. The maximum atomic E-state index is 9.10. The van der Waals surface area contributed by atoms with Crippen molar-refractivity contribution in [2.24, 2.45) is 10.8 Å². The highest BCUT2D eigenvalue weighted by molar-refractivity contribution is 6.09. The summed E-state index contributed by atoms with van der Waals surface area (Å²) in [6.07, 6.45) is 4.86. The van der Waals surface area contributed by atoms with E-state index >= 15 is 0 Å². The minimum absolute atomic E-state index is 0.124. The second-order valence-electron chi connectivity index (χ2n) is 18.7. The van der Waals surface area contributed by atoms with Crippen LogP contribution in [0.1, 0.15) is 55.4 Å². The first kappa shape index (κ1) is 37.5. The molecular formula is C58H52N4O. The number of nitrogens with zero attached hydrogens (tertiary/aromatic N) is 4. The van der Waals surface area contributed by atoms with Crippen LogP contribution in [-0.2, 0) is 12.8 Å². The van der Waals surface area contributed by atoms with E-state index < -0.39 is 11.8 Å². The molecule has 0 radical (unpaired) electrons. The third kappa shape index (κ3) is 8.03. The number of hydrogen-bond acceptors (Lipinski definition) is 2. The zero-order chi connectivity index (χ0) is 45.1. The van der Waals surface area contributed by atoms with Crippen LogP contribution < -0.4 is 9.30 Å². The molecule has 0 unspecified atom stereocenters. The Labute approximate surface area is 373 Å². The van der Waals surface area contributed by atoms with Gasteiger partial charge >= 0.3 is 0 Å². The van der Waals surface area contributed by atoms with Crippen LogP contribution in [0.25, 0.3) is 72.3 Å². The number of hydrogen-bond donors (Lipinski definition) is 0. The average molecular weight is 823 g/mol. The number of fused-ring (bicyclic) bond motifs is 4. The number of benzene rings is 7. The number of rotatable bonds is 9. The molecule has 0 saturated carbocycles. The lowest BCUT2D eigenvalue weighted by Crippen LogP contribution is -2.31. The first-order chi connectivity index (χ1) is 31.2. The van der Waals surface area contributed by atoms with E-state index in [2.05, 4.69) is 186 Å². The van der Waals surface area contributed by atoms with Gasteiger partial charge in [-0.15, -0.1) is 0 Å². The Kier molecular flexibility index (Phi) is 9.47. The average Bonchev–Trinajstić information content (AvgIpc) is 3.84. The van der Waals surface area contributed by atoms with Gasteiger partial charge in [0.05, 0.1) is 33.4 Å². The van der Waals surface area contributed by atoms with Gasteiger partial charge < -0.3 is 4.74 Å². The second-order valence-corrected chi connectivity index (χ2v) is 18.7. The van der Waals surface area contributed by atoms with Gasteiger partial charge in [-0.1, -0.05) is 157 Å². The standard InChI is InChI=1S/C58H52N4O/c1-57(2,3)37-40-27-30-51-50(33-40)49-29-28-46(36-54(49)62(51)55-34-41(31-32-59-55)38-58(4,5)6)63-45-22-15-21-44(35-45)60-39-61(53-26-14-13-25-52(53)60)56-47(42-17-9-7-10-18-42)23-16-24-48(56)43-19-11-8-12-20-43/h7-36H,37-38H2,1-6H3/i38D2. The largest absolute Gasteiger partial charge is 0.458 e. The van der Waals surface area contributed by atoms with E-state index in [1.807, 2.05) is 45.0 Å². The molecule has 0 aliphatic rings. The van der Waals surface area contributed by atoms with Crippen molar-refractivity contribution in [3.63, 3.8) is 0 Å². The highest BCUT2D eigenvalue weighted by atomic mass is 16.5. The van der Waals surface area contributed by atoms with Gasteiger partial charge in [-0.3, -0.25) is 13.7 Å². The van der Waals surface area contributed by atoms with Crippen molar-refractivity contribution in [1.29, 1.82) is 0 Å². The maximum absolute atomic E-state index is 9.10. The summed E-state index contributed by atoms with van der Waals surface area (Å²) in [5.74, 6) is 2.02. The molecule has 0 amide bonds. The smallest absolute Gasteiger partial charge is 0.269 e. The van der Waals surface area contributed by atoms with Crippen molar-refractivity contribution in [1.82, 2.24) is 14.1 Å². The van der Waals surface area contributed by atoms with Gasteiger partial charge in [0.1, 0.15) is 17.3 Å². The Morgan fingerprint density at radius 2 is 1.25 bits per heavy atom. The highest BCUT2D eigenvalue weighted by Gasteiger charge is 2.21. The van der Waals surface area contributed by atoms with Crippen molar-refractivity contribution in [2.75, 3.05) is 0 Å². The molecule has 0 aliphatic heterocycles. The second kappa shape index (κ2) is 15.9. The fraction of sp³-hybridized carbons (Fsp3) is 0.172. The van der Waals surface area contributed by atoms with Crippen LogP contribution in [0.2, 0.25) is 0 Å². The molecule has 310 valence electrons. The lowest BCUT2D eigenvalue weighted by molar-refractivity contribution is -0.571. The summed E-state index contributed by atoms with van der Waals surface area (Å²) in [6.45, 7) is 12.6. The van der Waals surface area contributed by atoms with Gasteiger partial charge in [-0.05, 0) is 112 Å². The van der Waals surface area contributed by atoms with E-state index in [1.165, 1.54) is 5.56 Å². The molecule has 3 heterocycles. The van der Waals surface area contributed by atoms with Gasteiger partial charge in [0.25, 0.3) is 6.33 Å². The minimum Gasteiger partial charge on any atom is -0.458 e. The number of para-hydroxylation sites is 3. The van der Waals surface area contributed by atoms with Crippen LogP contribution >= 0.6 is 0 Å². The lowest BCUT2D eigenvalue weighted by Gasteiger charge is -2.19. The Balaban J connectivity index is 1.08. The van der Waals surface area contributed by atoms with Gasteiger partial charge in [-0.25, -0.2) is 4.98 Å². The molecule has 10 aromatic rings. The van der Waals surface area contributed by atoms with Gasteiger partial charge in [0, 0.05) is 25.8 Å². The number of pyridine rings is 1. The fourth-order valence-electron chi connectivity index (χ4n) is 8.86. The van der Waals surface area contributed by atoms with Crippen molar-refractivity contribution < 1.29 is 12.0 Å². The Hall–Kier alpha value is -7.24. The molecular weight excluding hydrogens is 769 g/mol. The normalized spacial score (nSPS) is 12.8. The summed E-state index contributed by atoms with van der Waals surface area (Å²) >= 11 is 0. The molecule has 0 atom stereocenters. The molecule has 5 nitrogen and oxygen atoms in total. The van der Waals surface area contributed by atoms with E-state index in [1.54, 1.807) is 12.3 Å². The van der Waals surface area contributed by atoms with Crippen LogP contribution in [0, 0.1) is 17.2 Å². The first-order valence-corrected chi connectivity index (χ1v) is 21.7. The highest BCUT2D eigenvalue weighted by Crippen LogP contribution is 2.38. The predicted octanol–water partition coefficient (Wildman–Crippen LogP) is 14.5. The van der Waals surface area contributed by atoms with Gasteiger partial charge in [0.2, 0.25) is 0 Å². The number of imidazole rings is 1. The fourth-order valence-corrected chi connectivity index (χ4v) is 8.86. The Morgan fingerprint density at radius 1 is 0.571 bits per heavy atom. The molecule has 0 aliphatic carbocycles. The third-order valence-electron chi connectivity index (χ3n) is 11.3. The molecule has 3 aromatic heterocycles. The summed E-state index contributed by atoms with van der Waals surface area (Å²) in [7, 11) is 0. The topological polar surface area (TPSA) is 35.9 Å². The summed E-state index contributed by atoms with van der Waals surface area (Å²) in [5.41, 5.74) is 11.8. The SMILES string of the molecule is [2H]C([2H])(c1ccnc(-n2c3ccc(CC(C)(C)C)cc3c3ccc(Oc4cccc(-n5[c-][n+](-c6c(-c7ccccc7)cccc6-c6ccccc6)c6ccccc65)c4)cc32)c1)C(C)(C)C. The molecule has 0 saturated heterocycles. The van der Waals surface area contributed by atoms with E-state index in [4.69, 9.17) is 12.5 Å². The van der Waals surface area contributed by atoms with Crippen LogP contribution in [-0.4, -0.2) is 14.1 Å². The van der Waals surface area contributed by atoms with E-state index in [9.17, 15) is 0 Å². The van der Waals surface area contributed by atoms with Crippen molar-refractivity contribution >= 4 is 32.8 Å². The summed E-state index contributed by atoms with van der Waals surface area (Å²) in [6, 6.07) is 60.8. The Bertz CT molecular complexity index is 3310. The molecule has 0 fully saturated rings. The zero-order valence-corrected chi connectivity index (χ0v) is 36.7.